The van der Waals surface area contributed by atoms with Gasteiger partial charge in [0.05, 0.1) is 17.4 Å². The molecule has 1 atom stereocenters. The van der Waals surface area contributed by atoms with E-state index in [9.17, 15) is 9.59 Å². The Bertz CT molecular complexity index is 922. The molecule has 6 heteroatoms. The van der Waals surface area contributed by atoms with Crippen LogP contribution in [0.3, 0.4) is 0 Å². The van der Waals surface area contributed by atoms with Crippen LogP contribution >= 0.6 is 0 Å². The number of hydrogen-bond donors (Lipinski definition) is 1. The molecule has 1 aromatic carbocycles. The van der Waals surface area contributed by atoms with Gasteiger partial charge in [-0.2, -0.15) is 5.10 Å². The van der Waals surface area contributed by atoms with Gasteiger partial charge in [0.1, 0.15) is 11.2 Å². The molecule has 2 aromatic rings. The predicted molar refractivity (Wildman–Crippen MR) is 95.8 cm³/mol. The van der Waals surface area contributed by atoms with E-state index in [2.05, 4.69) is 10.4 Å². The fraction of sp³-hybridized carbons (Fsp3) is 0.421. The molecule has 0 unspecified atom stereocenters. The van der Waals surface area contributed by atoms with Gasteiger partial charge in [-0.05, 0) is 38.8 Å². The summed E-state index contributed by atoms with van der Waals surface area (Å²) in [6.45, 7) is 8.06. The van der Waals surface area contributed by atoms with Gasteiger partial charge in [0.25, 0.3) is 0 Å². The van der Waals surface area contributed by atoms with Crippen molar-refractivity contribution in [2.75, 3.05) is 17.3 Å². The van der Waals surface area contributed by atoms with E-state index < -0.39 is 5.41 Å². The molecule has 3 heterocycles. The monoisotopic (exact) mass is 338 g/mol. The maximum atomic E-state index is 13.4. The predicted octanol–water partition coefficient (Wildman–Crippen LogP) is 2.55. The molecular formula is C19H22N4O2. The molecule has 6 nitrogen and oxygen atoms in total. The van der Waals surface area contributed by atoms with Crippen LogP contribution in [0.2, 0.25) is 0 Å². The first kappa shape index (κ1) is 15.9. The molecule has 0 radical (unpaired) electrons. The molecule has 4 rings (SSSR count). The lowest BCUT2D eigenvalue weighted by atomic mass is 9.71. The normalized spacial score (nSPS) is 22.2. The number of carbonyl (C=O) groups excluding carboxylic acids is 2. The molecule has 1 spiro atoms. The molecule has 25 heavy (non-hydrogen) atoms. The first-order chi connectivity index (χ1) is 11.7. The van der Waals surface area contributed by atoms with Crippen LogP contribution in [-0.2, 0) is 20.5 Å². The lowest BCUT2D eigenvalue weighted by Crippen LogP contribution is -2.46. The Morgan fingerprint density at radius 2 is 1.92 bits per heavy atom. The molecule has 130 valence electrons. The lowest BCUT2D eigenvalue weighted by molar-refractivity contribution is -0.126. The molecule has 0 saturated heterocycles. The molecular weight excluding hydrogens is 316 g/mol. The minimum absolute atomic E-state index is 0.0682. The fourth-order valence-electron chi connectivity index (χ4n) is 4.18. The number of aryl methyl sites for hydroxylation is 1. The van der Waals surface area contributed by atoms with Crippen LogP contribution in [0.15, 0.2) is 24.4 Å². The van der Waals surface area contributed by atoms with Gasteiger partial charge in [-0.25, -0.2) is 4.68 Å². The van der Waals surface area contributed by atoms with Crippen molar-refractivity contribution >= 4 is 23.3 Å². The zero-order chi connectivity index (χ0) is 18.1. The van der Waals surface area contributed by atoms with Gasteiger partial charge in [0.15, 0.2) is 0 Å². The standard InChI is InChI=1S/C19H22N4O2/c1-11-7-6-8-12-15(11)22(5)17(25)19(12)9-14(24)21-16-13(19)10-20-23(16)18(2,3)4/h6-8,10H,9H2,1-5H3,(H,21,24)/t19-/m0/s1. The van der Waals surface area contributed by atoms with Crippen LogP contribution in [-0.4, -0.2) is 28.6 Å². The number of amides is 2. The molecule has 2 aliphatic rings. The van der Waals surface area contributed by atoms with Crippen molar-refractivity contribution in [1.29, 1.82) is 0 Å². The SMILES string of the molecule is Cc1cccc2c1N(C)C(=O)[C@@]21CC(=O)Nc2c1cnn2C(C)(C)C. The summed E-state index contributed by atoms with van der Waals surface area (Å²) < 4.78 is 1.79. The number of rotatable bonds is 0. The van der Waals surface area contributed by atoms with Crippen LogP contribution < -0.4 is 10.2 Å². The van der Waals surface area contributed by atoms with Gasteiger partial charge in [0, 0.05) is 19.0 Å². The summed E-state index contributed by atoms with van der Waals surface area (Å²) in [4.78, 5) is 27.6. The van der Waals surface area contributed by atoms with Crippen molar-refractivity contribution in [3.8, 4) is 0 Å². The zero-order valence-corrected chi connectivity index (χ0v) is 15.2. The molecule has 2 amide bonds. The Balaban J connectivity index is 2.06. The van der Waals surface area contributed by atoms with Gasteiger partial charge in [-0.3, -0.25) is 9.59 Å². The van der Waals surface area contributed by atoms with E-state index in [-0.39, 0.29) is 23.8 Å². The molecule has 1 aromatic heterocycles. The van der Waals surface area contributed by atoms with E-state index in [0.29, 0.717) is 5.82 Å². The summed E-state index contributed by atoms with van der Waals surface area (Å²) in [5, 5.41) is 7.45. The summed E-state index contributed by atoms with van der Waals surface area (Å²) in [6.07, 6.45) is 1.85. The van der Waals surface area contributed by atoms with Crippen molar-refractivity contribution in [2.24, 2.45) is 0 Å². The first-order valence-corrected chi connectivity index (χ1v) is 8.45. The van der Waals surface area contributed by atoms with Crippen LogP contribution in [0.1, 0.15) is 43.9 Å². The highest BCUT2D eigenvalue weighted by molar-refractivity contribution is 6.15. The Morgan fingerprint density at radius 3 is 2.60 bits per heavy atom. The van der Waals surface area contributed by atoms with Crippen LogP contribution in [0.25, 0.3) is 0 Å². The second kappa shape index (κ2) is 4.71. The van der Waals surface area contributed by atoms with Gasteiger partial charge < -0.3 is 10.2 Å². The maximum Gasteiger partial charge on any atom is 0.242 e. The molecule has 1 N–H and O–H groups in total. The average molecular weight is 338 g/mol. The minimum Gasteiger partial charge on any atom is -0.314 e. The Morgan fingerprint density at radius 1 is 1.20 bits per heavy atom. The number of nitrogens with one attached hydrogen (secondary N) is 1. The molecule has 2 aliphatic heterocycles. The smallest absolute Gasteiger partial charge is 0.242 e. The number of aromatic nitrogens is 2. The highest BCUT2D eigenvalue weighted by atomic mass is 16.2. The third-order valence-electron chi connectivity index (χ3n) is 5.25. The summed E-state index contributed by atoms with van der Waals surface area (Å²) >= 11 is 0. The van der Waals surface area contributed by atoms with Crippen molar-refractivity contribution in [3.63, 3.8) is 0 Å². The number of likely N-dealkylation sites (N-methyl/N-ethyl adjacent to an activating group) is 1. The van der Waals surface area contributed by atoms with Crippen LogP contribution in [0.5, 0.6) is 0 Å². The Labute approximate surface area is 146 Å². The van der Waals surface area contributed by atoms with Gasteiger partial charge in [0.2, 0.25) is 11.8 Å². The second-order valence-electron chi connectivity index (χ2n) is 7.96. The van der Waals surface area contributed by atoms with Crippen molar-refractivity contribution in [3.05, 3.63) is 41.1 Å². The zero-order valence-electron chi connectivity index (χ0n) is 15.2. The van der Waals surface area contributed by atoms with Crippen LogP contribution in [0, 0.1) is 6.92 Å². The largest absolute Gasteiger partial charge is 0.314 e. The molecule has 0 saturated carbocycles. The van der Waals surface area contributed by atoms with E-state index >= 15 is 0 Å². The third kappa shape index (κ3) is 1.88. The lowest BCUT2D eigenvalue weighted by Gasteiger charge is -2.33. The number of fused-ring (bicyclic) bond motifs is 4. The van der Waals surface area contributed by atoms with Gasteiger partial charge in [-0.1, -0.05) is 18.2 Å². The number of benzene rings is 1. The Kier molecular flexibility index (Phi) is 2.99. The summed E-state index contributed by atoms with van der Waals surface area (Å²) in [6, 6.07) is 5.90. The van der Waals surface area contributed by atoms with Gasteiger partial charge in [-0.15, -0.1) is 0 Å². The molecule has 0 aliphatic carbocycles. The van der Waals surface area contributed by atoms with E-state index in [1.165, 1.54) is 0 Å². The maximum absolute atomic E-state index is 13.4. The molecule has 0 fully saturated rings. The number of nitrogens with zero attached hydrogens (tertiary/aromatic N) is 3. The van der Waals surface area contributed by atoms with E-state index in [1.807, 2.05) is 45.9 Å². The fourth-order valence-corrected chi connectivity index (χ4v) is 4.18. The first-order valence-electron chi connectivity index (χ1n) is 8.45. The number of para-hydroxylation sites is 1. The highest BCUT2D eigenvalue weighted by Gasteiger charge is 2.56. The van der Waals surface area contributed by atoms with Crippen LogP contribution in [0.4, 0.5) is 11.5 Å². The number of anilines is 2. The van der Waals surface area contributed by atoms with E-state index in [4.69, 9.17) is 0 Å². The topological polar surface area (TPSA) is 67.2 Å². The molecule has 0 bridgehead atoms. The van der Waals surface area contributed by atoms with Crippen molar-refractivity contribution in [1.82, 2.24) is 9.78 Å². The third-order valence-corrected chi connectivity index (χ3v) is 5.25. The Hall–Kier alpha value is -2.63. The van der Waals surface area contributed by atoms with Gasteiger partial charge >= 0.3 is 0 Å². The highest BCUT2D eigenvalue weighted by Crippen LogP contribution is 2.52. The van der Waals surface area contributed by atoms with Crippen molar-refractivity contribution in [2.45, 2.75) is 45.1 Å². The second-order valence-corrected chi connectivity index (χ2v) is 7.96. The number of carbonyl (C=O) groups is 2. The minimum atomic E-state index is -0.989. The number of hydrogen-bond acceptors (Lipinski definition) is 3. The summed E-state index contributed by atoms with van der Waals surface area (Å²) in [5.74, 6) is 0.399. The van der Waals surface area contributed by atoms with E-state index in [1.54, 1.807) is 22.8 Å². The van der Waals surface area contributed by atoms with Crippen molar-refractivity contribution < 1.29 is 9.59 Å². The summed E-state index contributed by atoms with van der Waals surface area (Å²) in [5.41, 5.74) is 2.31. The quantitative estimate of drug-likeness (QED) is 0.803. The summed E-state index contributed by atoms with van der Waals surface area (Å²) in [7, 11) is 1.78. The average Bonchev–Trinajstić information content (AvgIpc) is 3.03. The van der Waals surface area contributed by atoms with E-state index in [0.717, 1.165) is 22.4 Å².